The molecular formula is C15H11FIN7O2. The van der Waals surface area contributed by atoms with Crippen LogP contribution in [0.2, 0.25) is 0 Å². The molecule has 4 aromatic rings. The zero-order valence-electron chi connectivity index (χ0n) is 13.3. The van der Waals surface area contributed by atoms with Gasteiger partial charge in [0.2, 0.25) is 4.30 Å². The topological polar surface area (TPSA) is 104 Å². The number of pyridine rings is 1. The lowest BCUT2D eigenvalue weighted by Crippen LogP contribution is -2.10. The van der Waals surface area contributed by atoms with Crippen molar-refractivity contribution in [1.29, 1.82) is 0 Å². The van der Waals surface area contributed by atoms with Crippen LogP contribution in [0.4, 0.5) is 4.39 Å². The third kappa shape index (κ3) is 3.05. The number of hydrogen-bond acceptors (Lipinski definition) is 6. The molecule has 0 aliphatic heterocycles. The highest BCUT2D eigenvalue weighted by Crippen LogP contribution is 2.25. The molecule has 4 aromatic heterocycles. The van der Waals surface area contributed by atoms with Crippen LogP contribution < -0.4 is 10.3 Å². The average Bonchev–Trinajstić information content (AvgIpc) is 3.24. The Balaban J connectivity index is 1.80. The number of aromatic nitrogens is 7. The summed E-state index contributed by atoms with van der Waals surface area (Å²) in [5, 5.41) is 4.19. The van der Waals surface area contributed by atoms with E-state index in [4.69, 9.17) is 4.74 Å². The molecule has 0 bridgehead atoms. The SMILES string of the molecule is Cn1cnc(-c2nccc3c(=O)[nH]c(Oc4cnn(C(F)I)c4)nc23)c1. The summed E-state index contributed by atoms with van der Waals surface area (Å²) in [6.07, 6.45) is 7.63. The first-order valence-electron chi connectivity index (χ1n) is 7.39. The molecule has 4 heterocycles. The summed E-state index contributed by atoms with van der Waals surface area (Å²) in [5.41, 5.74) is 1.02. The van der Waals surface area contributed by atoms with Gasteiger partial charge in [0.25, 0.3) is 5.56 Å². The van der Waals surface area contributed by atoms with Crippen LogP contribution in [0, 0.1) is 0 Å². The minimum absolute atomic E-state index is 0.0453. The Hall–Kier alpha value is -2.83. The Labute approximate surface area is 159 Å². The first kappa shape index (κ1) is 16.6. The molecule has 0 amide bonds. The Morgan fingerprint density at radius 3 is 2.88 bits per heavy atom. The molecule has 132 valence electrons. The third-order valence-electron chi connectivity index (χ3n) is 3.54. The highest BCUT2D eigenvalue weighted by molar-refractivity contribution is 14.1. The fourth-order valence-corrected chi connectivity index (χ4v) is 2.71. The first-order chi connectivity index (χ1) is 12.5. The summed E-state index contributed by atoms with van der Waals surface area (Å²) in [7, 11) is 1.83. The first-order valence-corrected chi connectivity index (χ1v) is 8.63. The quantitative estimate of drug-likeness (QED) is 0.366. The molecule has 0 saturated heterocycles. The smallest absolute Gasteiger partial charge is 0.302 e. The maximum atomic E-state index is 13.2. The van der Waals surface area contributed by atoms with E-state index in [9.17, 15) is 9.18 Å². The fourth-order valence-electron chi connectivity index (χ4n) is 2.41. The number of halogens is 2. The molecule has 0 fully saturated rings. The van der Waals surface area contributed by atoms with E-state index in [0.717, 1.165) is 4.68 Å². The Morgan fingerprint density at radius 2 is 2.19 bits per heavy atom. The second-order valence-electron chi connectivity index (χ2n) is 5.39. The molecule has 0 aromatic carbocycles. The second kappa shape index (κ2) is 6.48. The van der Waals surface area contributed by atoms with Gasteiger partial charge in [0.1, 0.15) is 16.9 Å². The molecule has 1 unspecified atom stereocenters. The van der Waals surface area contributed by atoms with Crippen molar-refractivity contribution in [2.24, 2.45) is 7.05 Å². The number of aromatic amines is 1. The maximum absolute atomic E-state index is 13.2. The van der Waals surface area contributed by atoms with Gasteiger partial charge in [-0.05, 0) is 28.7 Å². The van der Waals surface area contributed by atoms with E-state index in [0.29, 0.717) is 22.3 Å². The van der Waals surface area contributed by atoms with E-state index in [1.54, 1.807) is 45.7 Å². The van der Waals surface area contributed by atoms with E-state index in [1.807, 2.05) is 7.05 Å². The predicted octanol–water partition coefficient (Wildman–Crippen LogP) is 2.57. The lowest BCUT2D eigenvalue weighted by Gasteiger charge is -2.05. The van der Waals surface area contributed by atoms with Gasteiger partial charge in [-0.1, -0.05) is 0 Å². The normalized spacial score (nSPS) is 12.4. The summed E-state index contributed by atoms with van der Waals surface area (Å²) in [6, 6.07) is 1.52. The van der Waals surface area contributed by atoms with Crippen LogP contribution in [0.1, 0.15) is 4.30 Å². The summed E-state index contributed by atoms with van der Waals surface area (Å²) in [6.45, 7) is 0. The Morgan fingerprint density at radius 1 is 1.35 bits per heavy atom. The van der Waals surface area contributed by atoms with Gasteiger partial charge in [-0.2, -0.15) is 10.1 Å². The van der Waals surface area contributed by atoms with Crippen molar-refractivity contribution in [2.75, 3.05) is 0 Å². The number of hydrogen-bond donors (Lipinski definition) is 1. The highest BCUT2D eigenvalue weighted by atomic mass is 127. The number of alkyl halides is 2. The average molecular weight is 467 g/mol. The van der Waals surface area contributed by atoms with E-state index in [2.05, 4.69) is 25.0 Å². The summed E-state index contributed by atoms with van der Waals surface area (Å²) in [5.74, 6) is 0.245. The minimum Gasteiger partial charge on any atom is -0.422 e. The standard InChI is InChI=1S/C15H11FIN7O2/c1-23-6-10(19-7-23)12-11-9(2-3-18-12)13(25)22-15(21-11)26-8-4-20-24(5-8)14(16)17/h2-7,14H,1H3,(H,21,22,25). The third-order valence-corrected chi connectivity index (χ3v) is 4.11. The molecule has 1 atom stereocenters. The van der Waals surface area contributed by atoms with Crippen molar-refractivity contribution in [3.63, 3.8) is 0 Å². The summed E-state index contributed by atoms with van der Waals surface area (Å²) >= 11 is 1.57. The number of ether oxygens (including phenoxy) is 1. The molecule has 4 rings (SSSR count). The molecule has 0 radical (unpaired) electrons. The molecule has 0 aliphatic rings. The van der Waals surface area contributed by atoms with Gasteiger partial charge < -0.3 is 9.30 Å². The number of fused-ring (bicyclic) bond motifs is 1. The van der Waals surface area contributed by atoms with Gasteiger partial charge in [-0.25, -0.2) is 14.1 Å². The predicted molar refractivity (Wildman–Crippen MR) is 98.8 cm³/mol. The molecule has 0 saturated carbocycles. The second-order valence-corrected chi connectivity index (χ2v) is 6.41. The number of imidazole rings is 1. The molecular weight excluding hydrogens is 456 g/mol. The summed E-state index contributed by atoms with van der Waals surface area (Å²) in [4.78, 5) is 27.8. The van der Waals surface area contributed by atoms with E-state index in [1.165, 1.54) is 18.6 Å². The monoisotopic (exact) mass is 467 g/mol. The largest absolute Gasteiger partial charge is 0.422 e. The van der Waals surface area contributed by atoms with Crippen LogP contribution >= 0.6 is 22.6 Å². The van der Waals surface area contributed by atoms with Crippen molar-refractivity contribution in [2.45, 2.75) is 4.30 Å². The van der Waals surface area contributed by atoms with Crippen LogP contribution in [0.3, 0.4) is 0 Å². The fraction of sp³-hybridized carbons (Fsp3) is 0.133. The molecule has 1 N–H and O–H groups in total. The van der Waals surface area contributed by atoms with Crippen molar-refractivity contribution in [3.05, 3.63) is 47.5 Å². The maximum Gasteiger partial charge on any atom is 0.302 e. The highest BCUT2D eigenvalue weighted by Gasteiger charge is 2.15. The van der Waals surface area contributed by atoms with E-state index in [-0.39, 0.29) is 17.3 Å². The van der Waals surface area contributed by atoms with Crippen molar-refractivity contribution in [1.82, 2.24) is 34.3 Å². The lowest BCUT2D eigenvalue weighted by atomic mass is 10.2. The van der Waals surface area contributed by atoms with Gasteiger partial charge in [0.15, 0.2) is 5.75 Å². The van der Waals surface area contributed by atoms with Gasteiger partial charge >= 0.3 is 6.01 Å². The van der Waals surface area contributed by atoms with Gasteiger partial charge in [0, 0.05) is 19.4 Å². The minimum atomic E-state index is -1.33. The van der Waals surface area contributed by atoms with Gasteiger partial charge in [-0.3, -0.25) is 14.8 Å². The van der Waals surface area contributed by atoms with E-state index >= 15 is 0 Å². The van der Waals surface area contributed by atoms with Crippen LogP contribution in [-0.4, -0.2) is 34.3 Å². The lowest BCUT2D eigenvalue weighted by molar-refractivity contribution is 0.353. The number of nitrogens with zero attached hydrogens (tertiary/aromatic N) is 6. The molecule has 0 spiro atoms. The van der Waals surface area contributed by atoms with Crippen LogP contribution in [0.25, 0.3) is 22.3 Å². The van der Waals surface area contributed by atoms with Crippen LogP contribution in [-0.2, 0) is 7.05 Å². The van der Waals surface area contributed by atoms with Gasteiger partial charge in [0.05, 0.1) is 24.1 Å². The zero-order valence-corrected chi connectivity index (χ0v) is 15.5. The number of aryl methyl sites for hydroxylation is 1. The Bertz CT molecular complexity index is 1150. The summed E-state index contributed by atoms with van der Waals surface area (Å²) < 4.78 is 20.3. The molecule has 11 heteroatoms. The van der Waals surface area contributed by atoms with Gasteiger partial charge in [-0.15, -0.1) is 0 Å². The van der Waals surface area contributed by atoms with Crippen LogP contribution in [0.15, 0.2) is 42.0 Å². The van der Waals surface area contributed by atoms with E-state index < -0.39 is 4.30 Å². The number of H-pyrrole nitrogens is 1. The molecule has 9 nitrogen and oxygen atoms in total. The van der Waals surface area contributed by atoms with Crippen molar-refractivity contribution in [3.8, 4) is 23.1 Å². The molecule has 26 heavy (non-hydrogen) atoms. The van der Waals surface area contributed by atoms with Crippen molar-refractivity contribution < 1.29 is 9.13 Å². The van der Waals surface area contributed by atoms with Crippen molar-refractivity contribution >= 4 is 33.5 Å². The van der Waals surface area contributed by atoms with Crippen LogP contribution in [0.5, 0.6) is 11.8 Å². The Kier molecular flexibility index (Phi) is 4.14. The number of nitrogens with one attached hydrogen (secondary N) is 1. The number of rotatable bonds is 4. The zero-order chi connectivity index (χ0) is 18.3. The molecule has 0 aliphatic carbocycles.